The number of esters is 3. The summed E-state index contributed by atoms with van der Waals surface area (Å²) in [6.45, 7) is 18.4. The maximum absolute atomic E-state index is 13.1. The molecule has 0 heterocycles. The first-order valence-electron chi connectivity index (χ1n) is 23.0. The number of halogens is 12. The first-order valence-corrected chi connectivity index (χ1v) is 23.0. The minimum absolute atomic E-state index is 0.0185. The molecule has 0 amide bonds. The molecule has 5 aliphatic rings. The Labute approximate surface area is 381 Å². The lowest BCUT2D eigenvalue weighted by Crippen LogP contribution is -2.59. The van der Waals surface area contributed by atoms with E-state index in [4.69, 9.17) is 14.6 Å². The van der Waals surface area contributed by atoms with Crippen LogP contribution in [0.5, 0.6) is 0 Å². The highest BCUT2D eigenvalue weighted by atomic mass is 19.4. The molecule has 8 nitrogen and oxygen atoms in total. The molecule has 4 bridgehead atoms. The highest BCUT2D eigenvalue weighted by Crippen LogP contribution is 2.60. The van der Waals surface area contributed by atoms with Gasteiger partial charge in [0.05, 0.1) is 16.2 Å². The summed E-state index contributed by atoms with van der Waals surface area (Å²) in [6, 6.07) is 0. The third-order valence-electron chi connectivity index (χ3n) is 15.1. The normalized spacial score (nSPS) is 25.4. The molecule has 5 aliphatic carbocycles. The zero-order valence-corrected chi connectivity index (χ0v) is 40.0. The lowest BCUT2D eigenvalue weighted by Gasteiger charge is -2.59. The van der Waals surface area contributed by atoms with Crippen LogP contribution >= 0.6 is 0 Å². The summed E-state index contributed by atoms with van der Waals surface area (Å²) in [4.78, 5) is 36.4. The second-order valence-electron chi connectivity index (χ2n) is 21.3. The van der Waals surface area contributed by atoms with Crippen molar-refractivity contribution in [3.8, 4) is 0 Å². The average molecular weight is 981 g/mol. The van der Waals surface area contributed by atoms with Crippen molar-refractivity contribution in [1.82, 2.24) is 0 Å². The van der Waals surface area contributed by atoms with Crippen molar-refractivity contribution in [2.75, 3.05) is 0 Å². The lowest BCUT2D eigenvalue weighted by molar-refractivity contribution is -0.375. The van der Waals surface area contributed by atoms with Gasteiger partial charge in [0.1, 0.15) is 17.8 Å². The average Bonchev–Trinajstić information content (AvgIpc) is 3.18. The molecular weight excluding hydrogens is 908 g/mol. The van der Waals surface area contributed by atoms with E-state index in [1.807, 2.05) is 13.8 Å². The van der Waals surface area contributed by atoms with Gasteiger partial charge in [-0.3, -0.25) is 14.4 Å². The Kier molecular flexibility index (Phi) is 19.2. The molecule has 66 heavy (non-hydrogen) atoms. The largest absolute Gasteiger partial charge is 0.462 e. The number of carbonyl (C=O) groups is 3. The Bertz CT molecular complexity index is 1550. The molecule has 5 rings (SSSR count). The number of carbonyl (C=O) groups excluding carboxylic acids is 3. The first kappa shape index (κ1) is 59.6. The second kappa shape index (κ2) is 21.2. The molecule has 388 valence electrons. The molecule has 0 spiro atoms. The molecule has 20 heteroatoms. The second-order valence-corrected chi connectivity index (χ2v) is 21.3. The Morgan fingerprint density at radius 1 is 0.545 bits per heavy atom. The van der Waals surface area contributed by atoms with Crippen molar-refractivity contribution in [2.45, 2.75) is 226 Å². The third kappa shape index (κ3) is 13.8. The van der Waals surface area contributed by atoms with Crippen LogP contribution in [0.3, 0.4) is 0 Å². The van der Waals surface area contributed by atoms with Gasteiger partial charge >= 0.3 is 42.6 Å². The molecule has 0 radical (unpaired) electrons. The molecule has 2 N–H and O–H groups in total. The summed E-state index contributed by atoms with van der Waals surface area (Å²) in [6.07, 6.45) is -19.8. The Balaban J connectivity index is 0.000000344. The molecule has 0 aromatic rings. The number of alkyl halides is 12. The summed E-state index contributed by atoms with van der Waals surface area (Å²) in [7, 11) is 0. The SMILES string of the molecule is CCC(C)(C)C(=O)OC(C)CC(O)(C(F)(F)F)C(F)(F)F.CCC(C)(C)C(=O)OC(CC(O)(C(F)(F)F)C(F)(F)F)C1CCCCC1.CCC(C)(C)C(=O)OC1(C)C2CC3CC(C2)CC1C3. The van der Waals surface area contributed by atoms with E-state index in [1.165, 1.54) is 59.8 Å². The maximum Gasteiger partial charge on any atom is 0.426 e. The number of rotatable bonds is 14. The summed E-state index contributed by atoms with van der Waals surface area (Å²) in [5.41, 5.74) is -12.4. The van der Waals surface area contributed by atoms with Crippen LogP contribution < -0.4 is 0 Å². The molecule has 2 atom stereocenters. The predicted molar refractivity (Wildman–Crippen MR) is 219 cm³/mol. The molecular formula is C46H72F12O8. The quantitative estimate of drug-likeness (QED) is 0.100. The van der Waals surface area contributed by atoms with E-state index in [9.17, 15) is 72.2 Å². The van der Waals surface area contributed by atoms with Gasteiger partial charge in [-0.25, -0.2) is 0 Å². The number of hydrogen-bond acceptors (Lipinski definition) is 8. The Morgan fingerprint density at radius 3 is 1.23 bits per heavy atom. The fourth-order valence-corrected chi connectivity index (χ4v) is 9.04. The zero-order valence-electron chi connectivity index (χ0n) is 40.0. The van der Waals surface area contributed by atoms with E-state index in [1.54, 1.807) is 13.8 Å². The van der Waals surface area contributed by atoms with Crippen molar-refractivity contribution >= 4 is 17.9 Å². The molecule has 5 saturated carbocycles. The minimum Gasteiger partial charge on any atom is -0.462 e. The molecule has 0 aliphatic heterocycles. The maximum atomic E-state index is 13.1. The molecule has 0 saturated heterocycles. The Morgan fingerprint density at radius 2 is 0.879 bits per heavy atom. The van der Waals surface area contributed by atoms with Gasteiger partial charge in [0.25, 0.3) is 11.2 Å². The van der Waals surface area contributed by atoms with Crippen LogP contribution in [0.15, 0.2) is 0 Å². The first-order chi connectivity index (χ1) is 29.6. The van der Waals surface area contributed by atoms with Crippen LogP contribution in [-0.4, -0.2) is 81.8 Å². The summed E-state index contributed by atoms with van der Waals surface area (Å²) >= 11 is 0. The number of aliphatic hydroxyl groups is 2. The van der Waals surface area contributed by atoms with Crippen molar-refractivity contribution < 1.29 is 91.5 Å². The van der Waals surface area contributed by atoms with Gasteiger partial charge in [0.15, 0.2) is 0 Å². The van der Waals surface area contributed by atoms with Gasteiger partial charge in [0.2, 0.25) is 0 Å². The van der Waals surface area contributed by atoms with E-state index in [0.717, 1.165) is 31.6 Å². The summed E-state index contributed by atoms with van der Waals surface area (Å²) in [5.74, 6) is 0.690. The highest BCUT2D eigenvalue weighted by Gasteiger charge is 2.72. The van der Waals surface area contributed by atoms with Gasteiger partial charge in [0, 0.05) is 12.8 Å². The standard InChI is InChI=1S/C17H26F6O3.C17H28O2.C12H18F6O3/c1-4-14(2,3)13(24)26-12(11-8-6-5-7-9-11)10-15(25,16(18,19)20)17(21,22)23;1-5-16(2,3)15(18)19-17(4)13-7-11-6-12(9-13)10-14(17)8-11;1-5-9(3,4)8(19)21-7(2)6-10(20,11(13,14)15)12(16,17)18/h11-12,25H,4-10H2,1-3H3;11-14H,5-10H2,1-4H3;7,20H,5-6H2,1-4H3. The van der Waals surface area contributed by atoms with E-state index in [2.05, 4.69) is 18.6 Å². The molecule has 0 aromatic carbocycles. The van der Waals surface area contributed by atoms with Gasteiger partial charge < -0.3 is 24.4 Å². The monoisotopic (exact) mass is 981 g/mol. The minimum atomic E-state index is -5.93. The fourth-order valence-electron chi connectivity index (χ4n) is 9.04. The lowest BCUT2D eigenvalue weighted by atomic mass is 9.50. The molecule has 2 unspecified atom stereocenters. The van der Waals surface area contributed by atoms with Crippen LogP contribution in [0.1, 0.15) is 172 Å². The highest BCUT2D eigenvalue weighted by molar-refractivity contribution is 5.77. The van der Waals surface area contributed by atoms with E-state index in [-0.39, 0.29) is 17.0 Å². The van der Waals surface area contributed by atoms with Crippen LogP contribution in [0.2, 0.25) is 0 Å². The zero-order chi connectivity index (χ0) is 51.5. The van der Waals surface area contributed by atoms with Gasteiger partial charge in [-0.2, -0.15) is 52.7 Å². The van der Waals surface area contributed by atoms with Crippen LogP contribution in [0.25, 0.3) is 0 Å². The summed E-state index contributed by atoms with van der Waals surface area (Å²) < 4.78 is 169. The molecule has 0 aromatic heterocycles. The van der Waals surface area contributed by atoms with Crippen molar-refractivity contribution in [2.24, 2.45) is 45.8 Å². The number of hydrogen-bond donors (Lipinski definition) is 2. The van der Waals surface area contributed by atoms with Gasteiger partial charge in [-0.1, -0.05) is 40.0 Å². The van der Waals surface area contributed by atoms with Crippen molar-refractivity contribution in [3.05, 3.63) is 0 Å². The fraction of sp³-hybridized carbons (Fsp3) is 0.935. The van der Waals surface area contributed by atoms with Gasteiger partial charge in [-0.15, -0.1) is 0 Å². The molecule has 5 fully saturated rings. The van der Waals surface area contributed by atoms with E-state index in [0.29, 0.717) is 50.4 Å². The van der Waals surface area contributed by atoms with Crippen LogP contribution in [0.4, 0.5) is 52.7 Å². The van der Waals surface area contributed by atoms with E-state index < -0.39 is 89.6 Å². The number of ether oxygens (including phenoxy) is 3. The van der Waals surface area contributed by atoms with Crippen molar-refractivity contribution in [3.63, 3.8) is 0 Å². The van der Waals surface area contributed by atoms with Crippen LogP contribution in [0, 0.1) is 45.8 Å². The topological polar surface area (TPSA) is 119 Å². The predicted octanol–water partition coefficient (Wildman–Crippen LogP) is 12.9. The van der Waals surface area contributed by atoms with Crippen molar-refractivity contribution in [1.29, 1.82) is 0 Å². The Hall–Kier alpha value is -2.51. The van der Waals surface area contributed by atoms with E-state index >= 15 is 0 Å². The van der Waals surface area contributed by atoms with Gasteiger partial charge in [-0.05, 0) is 149 Å². The third-order valence-corrected chi connectivity index (χ3v) is 15.1. The van der Waals surface area contributed by atoms with Crippen LogP contribution in [-0.2, 0) is 28.6 Å². The summed E-state index contributed by atoms with van der Waals surface area (Å²) in [5, 5.41) is 18.5. The smallest absolute Gasteiger partial charge is 0.426 e.